The Morgan fingerprint density at radius 1 is 1.14 bits per heavy atom. The van der Waals surface area contributed by atoms with Gasteiger partial charge in [-0.3, -0.25) is 4.79 Å². The van der Waals surface area contributed by atoms with Gasteiger partial charge in [0.2, 0.25) is 5.91 Å². The number of aliphatic imine (C=N–C) groups is 1. The number of hydrogen-bond donors (Lipinski definition) is 2. The van der Waals surface area contributed by atoms with E-state index in [0.717, 1.165) is 21.9 Å². The molecule has 6 nitrogen and oxygen atoms in total. The average Bonchev–Trinajstić information content (AvgIpc) is 3.00. The number of hydrogen-bond acceptors (Lipinski definition) is 5. The molecule has 0 saturated heterocycles. The van der Waals surface area contributed by atoms with Crippen molar-refractivity contribution in [2.75, 3.05) is 7.05 Å². The first-order valence-corrected chi connectivity index (χ1v) is 9.49. The number of carbonyl (C=O) groups is 1. The molecule has 0 spiro atoms. The summed E-state index contributed by atoms with van der Waals surface area (Å²) < 4.78 is 0. The first kappa shape index (κ1) is 19.0. The minimum Gasteiger partial charge on any atom is -0.508 e. The number of benzene rings is 3. The lowest BCUT2D eigenvalue weighted by Crippen LogP contribution is -2.35. The molecular formula is C23H23N3O3. The number of amidine groups is 1. The Kier molecular flexibility index (Phi) is 4.94. The Hall–Kier alpha value is -3.38. The fourth-order valence-corrected chi connectivity index (χ4v) is 3.60. The van der Waals surface area contributed by atoms with Gasteiger partial charge in [0, 0.05) is 19.2 Å². The SMILES string of the molecule is CN1OC(C)(CC(=O)NCc2cccc(O)c2)N=C1c1cccc2ccccc12. The molecule has 0 fully saturated rings. The van der Waals surface area contributed by atoms with Crippen molar-refractivity contribution < 1.29 is 14.7 Å². The summed E-state index contributed by atoms with van der Waals surface area (Å²) in [5, 5.41) is 16.2. The van der Waals surface area contributed by atoms with Crippen molar-refractivity contribution >= 4 is 22.5 Å². The highest BCUT2D eigenvalue weighted by molar-refractivity contribution is 6.09. The molecule has 1 atom stereocenters. The minimum atomic E-state index is -0.982. The molecule has 4 rings (SSSR count). The number of amides is 1. The van der Waals surface area contributed by atoms with E-state index in [1.54, 1.807) is 37.2 Å². The number of hydroxylamine groups is 2. The van der Waals surface area contributed by atoms with Crippen molar-refractivity contribution in [3.63, 3.8) is 0 Å². The molecule has 1 aliphatic rings. The van der Waals surface area contributed by atoms with Crippen LogP contribution in [0.2, 0.25) is 0 Å². The summed E-state index contributed by atoms with van der Waals surface area (Å²) >= 11 is 0. The summed E-state index contributed by atoms with van der Waals surface area (Å²) in [6.45, 7) is 2.13. The third kappa shape index (κ3) is 4.07. The lowest BCUT2D eigenvalue weighted by atomic mass is 10.0. The van der Waals surface area contributed by atoms with Gasteiger partial charge in [-0.2, -0.15) is 0 Å². The first-order chi connectivity index (χ1) is 13.9. The number of rotatable bonds is 5. The fraction of sp³-hybridized carbons (Fsp3) is 0.217. The Labute approximate surface area is 169 Å². The summed E-state index contributed by atoms with van der Waals surface area (Å²) in [6, 6.07) is 21.0. The van der Waals surface area contributed by atoms with E-state index in [9.17, 15) is 9.90 Å². The topological polar surface area (TPSA) is 74.2 Å². The molecule has 148 valence electrons. The average molecular weight is 389 g/mol. The predicted molar refractivity (Wildman–Crippen MR) is 112 cm³/mol. The van der Waals surface area contributed by atoms with Crippen LogP contribution in [-0.4, -0.2) is 34.7 Å². The summed E-state index contributed by atoms with van der Waals surface area (Å²) in [6.07, 6.45) is 0.0877. The Morgan fingerprint density at radius 2 is 1.90 bits per heavy atom. The number of phenols is 1. The van der Waals surface area contributed by atoms with Gasteiger partial charge in [-0.15, -0.1) is 0 Å². The lowest BCUT2D eigenvalue weighted by Gasteiger charge is -2.21. The number of nitrogens with one attached hydrogen (secondary N) is 1. The van der Waals surface area contributed by atoms with E-state index >= 15 is 0 Å². The van der Waals surface area contributed by atoms with Crippen LogP contribution >= 0.6 is 0 Å². The van der Waals surface area contributed by atoms with Crippen LogP contribution in [0.3, 0.4) is 0 Å². The van der Waals surface area contributed by atoms with Gasteiger partial charge in [0.15, 0.2) is 11.6 Å². The quantitative estimate of drug-likeness (QED) is 0.699. The first-order valence-electron chi connectivity index (χ1n) is 9.49. The van der Waals surface area contributed by atoms with Crippen LogP contribution in [0.1, 0.15) is 24.5 Å². The zero-order chi connectivity index (χ0) is 20.4. The van der Waals surface area contributed by atoms with Crippen LogP contribution in [0.15, 0.2) is 71.7 Å². The zero-order valence-corrected chi connectivity index (χ0v) is 16.4. The molecule has 0 radical (unpaired) electrons. The van der Waals surface area contributed by atoms with Gasteiger partial charge in [0.25, 0.3) is 0 Å². The van der Waals surface area contributed by atoms with Crippen molar-refractivity contribution in [3.8, 4) is 5.75 Å². The maximum Gasteiger partial charge on any atom is 0.225 e. The largest absolute Gasteiger partial charge is 0.508 e. The van der Waals surface area contributed by atoms with Gasteiger partial charge in [0.1, 0.15) is 5.75 Å². The Bertz CT molecular complexity index is 1090. The summed E-state index contributed by atoms with van der Waals surface area (Å²) in [4.78, 5) is 23.2. The second-order valence-electron chi connectivity index (χ2n) is 7.35. The molecule has 0 aliphatic carbocycles. The molecule has 1 unspecified atom stereocenters. The molecule has 2 N–H and O–H groups in total. The molecule has 29 heavy (non-hydrogen) atoms. The molecule has 1 heterocycles. The minimum absolute atomic E-state index is 0.0877. The molecule has 0 bridgehead atoms. The maximum absolute atomic E-state index is 12.5. The van der Waals surface area contributed by atoms with Crippen LogP contribution in [-0.2, 0) is 16.2 Å². The third-order valence-electron chi connectivity index (χ3n) is 4.89. The standard InChI is InChI=1S/C23H23N3O3/c1-23(14-21(28)24-15-16-7-5-10-18(27)13-16)25-22(26(2)29-23)20-12-6-9-17-8-3-4-11-19(17)20/h3-13,27H,14-15H2,1-2H3,(H,24,28). The maximum atomic E-state index is 12.5. The molecular weight excluding hydrogens is 366 g/mol. The molecule has 0 saturated carbocycles. The van der Waals surface area contributed by atoms with E-state index in [0.29, 0.717) is 12.4 Å². The van der Waals surface area contributed by atoms with Crippen molar-refractivity contribution in [2.24, 2.45) is 4.99 Å². The van der Waals surface area contributed by atoms with Crippen LogP contribution < -0.4 is 5.32 Å². The molecule has 1 amide bonds. The molecule has 1 aliphatic heterocycles. The summed E-state index contributed by atoms with van der Waals surface area (Å²) in [5.74, 6) is 0.700. The highest BCUT2D eigenvalue weighted by Gasteiger charge is 2.38. The molecule has 6 heteroatoms. The van der Waals surface area contributed by atoms with Gasteiger partial charge in [-0.1, -0.05) is 54.6 Å². The van der Waals surface area contributed by atoms with Crippen molar-refractivity contribution in [2.45, 2.75) is 25.6 Å². The number of fused-ring (bicyclic) bond motifs is 1. The highest BCUT2D eigenvalue weighted by Crippen LogP contribution is 2.30. The second-order valence-corrected chi connectivity index (χ2v) is 7.35. The van der Waals surface area contributed by atoms with Crippen molar-refractivity contribution in [1.82, 2.24) is 10.4 Å². The molecule has 0 aromatic heterocycles. The van der Waals surface area contributed by atoms with E-state index in [1.807, 2.05) is 30.3 Å². The monoisotopic (exact) mass is 389 g/mol. The van der Waals surface area contributed by atoms with Gasteiger partial charge >= 0.3 is 0 Å². The van der Waals surface area contributed by atoms with Crippen LogP contribution in [0.4, 0.5) is 0 Å². The third-order valence-corrected chi connectivity index (χ3v) is 4.89. The van der Waals surface area contributed by atoms with Gasteiger partial charge < -0.3 is 10.4 Å². The van der Waals surface area contributed by atoms with E-state index in [4.69, 9.17) is 9.83 Å². The smallest absolute Gasteiger partial charge is 0.225 e. The van der Waals surface area contributed by atoms with Crippen LogP contribution in [0.5, 0.6) is 5.75 Å². The zero-order valence-electron chi connectivity index (χ0n) is 16.4. The van der Waals surface area contributed by atoms with Crippen LogP contribution in [0, 0.1) is 0 Å². The van der Waals surface area contributed by atoms with E-state index in [1.165, 1.54) is 0 Å². The molecule has 3 aromatic carbocycles. The predicted octanol–water partition coefficient (Wildman–Crippen LogP) is 3.59. The van der Waals surface area contributed by atoms with Crippen molar-refractivity contribution in [1.29, 1.82) is 0 Å². The number of aromatic hydroxyl groups is 1. The van der Waals surface area contributed by atoms with E-state index in [2.05, 4.69) is 23.5 Å². The van der Waals surface area contributed by atoms with E-state index in [-0.39, 0.29) is 18.1 Å². The Morgan fingerprint density at radius 3 is 2.72 bits per heavy atom. The summed E-state index contributed by atoms with van der Waals surface area (Å²) in [5.41, 5.74) is 0.812. The van der Waals surface area contributed by atoms with Gasteiger partial charge in [0.05, 0.1) is 6.42 Å². The van der Waals surface area contributed by atoms with Crippen molar-refractivity contribution in [3.05, 3.63) is 77.9 Å². The summed E-state index contributed by atoms with van der Waals surface area (Å²) in [7, 11) is 1.80. The van der Waals surface area contributed by atoms with Gasteiger partial charge in [-0.25, -0.2) is 14.9 Å². The number of nitrogens with zero attached hydrogens (tertiary/aromatic N) is 2. The van der Waals surface area contributed by atoms with Gasteiger partial charge in [-0.05, 0) is 35.4 Å². The highest BCUT2D eigenvalue weighted by atomic mass is 16.7. The Balaban J connectivity index is 1.51. The van der Waals surface area contributed by atoms with Crippen LogP contribution in [0.25, 0.3) is 10.8 Å². The second kappa shape index (κ2) is 7.56. The normalized spacial score (nSPS) is 18.7. The number of phenolic OH excluding ortho intramolecular Hbond substituents is 1. The fourth-order valence-electron chi connectivity index (χ4n) is 3.60. The van der Waals surface area contributed by atoms with E-state index < -0.39 is 5.72 Å². The molecule has 3 aromatic rings. The number of carbonyl (C=O) groups excluding carboxylic acids is 1. The lowest BCUT2D eigenvalue weighted by molar-refractivity contribution is -0.166.